The van der Waals surface area contributed by atoms with E-state index >= 15 is 0 Å². The van der Waals surface area contributed by atoms with Crippen molar-refractivity contribution in [2.45, 2.75) is 13.8 Å². The lowest BCUT2D eigenvalue weighted by atomic mass is 9.95. The minimum Gasteiger partial charge on any atom is -0.508 e. The van der Waals surface area contributed by atoms with E-state index in [1.54, 1.807) is 31.2 Å². The third-order valence-corrected chi connectivity index (χ3v) is 3.82. The molecule has 0 amide bonds. The summed E-state index contributed by atoms with van der Waals surface area (Å²) in [6.45, 7) is 3.63. The van der Waals surface area contributed by atoms with E-state index in [2.05, 4.69) is 0 Å². The second-order valence-corrected chi connectivity index (χ2v) is 5.32. The van der Waals surface area contributed by atoms with Crippen molar-refractivity contribution in [2.75, 3.05) is 0 Å². The van der Waals surface area contributed by atoms with E-state index in [4.69, 9.17) is 0 Å². The van der Waals surface area contributed by atoms with Crippen molar-refractivity contribution in [2.24, 2.45) is 0 Å². The van der Waals surface area contributed by atoms with Gasteiger partial charge >= 0.3 is 0 Å². The number of hydrogen-bond donors (Lipinski definition) is 3. The van der Waals surface area contributed by atoms with Crippen molar-refractivity contribution in [3.8, 4) is 28.4 Å². The molecule has 3 rings (SSSR count). The van der Waals surface area contributed by atoms with Crippen molar-refractivity contribution in [1.82, 2.24) is 0 Å². The fourth-order valence-corrected chi connectivity index (χ4v) is 2.55. The van der Waals surface area contributed by atoms with Crippen LogP contribution in [0.3, 0.4) is 0 Å². The van der Waals surface area contributed by atoms with E-state index in [1.807, 2.05) is 25.1 Å². The van der Waals surface area contributed by atoms with Crippen LogP contribution in [0.25, 0.3) is 21.9 Å². The molecule has 0 unspecified atom stereocenters. The van der Waals surface area contributed by atoms with Gasteiger partial charge < -0.3 is 15.3 Å². The Labute approximate surface area is 122 Å². The van der Waals surface area contributed by atoms with Gasteiger partial charge in [-0.1, -0.05) is 12.1 Å². The maximum Gasteiger partial charge on any atom is 0.123 e. The molecule has 0 aromatic heterocycles. The molecule has 0 atom stereocenters. The Balaban J connectivity index is 2.35. The van der Waals surface area contributed by atoms with Gasteiger partial charge in [0, 0.05) is 5.39 Å². The normalized spacial score (nSPS) is 11.0. The Bertz CT molecular complexity index is 851. The molecule has 0 spiro atoms. The Morgan fingerprint density at radius 2 is 1.29 bits per heavy atom. The maximum absolute atomic E-state index is 10.0. The molecule has 0 heterocycles. The van der Waals surface area contributed by atoms with Gasteiger partial charge in [0.25, 0.3) is 0 Å². The molecule has 0 aliphatic rings. The van der Waals surface area contributed by atoms with Crippen LogP contribution >= 0.6 is 0 Å². The van der Waals surface area contributed by atoms with Crippen molar-refractivity contribution >= 4 is 10.8 Å². The first-order valence-corrected chi connectivity index (χ1v) is 6.72. The van der Waals surface area contributed by atoms with Gasteiger partial charge in [0.1, 0.15) is 17.2 Å². The van der Waals surface area contributed by atoms with Gasteiger partial charge in [0.15, 0.2) is 0 Å². The van der Waals surface area contributed by atoms with Gasteiger partial charge in [-0.3, -0.25) is 0 Å². The zero-order valence-electron chi connectivity index (χ0n) is 11.9. The predicted molar refractivity (Wildman–Crippen MR) is 83.9 cm³/mol. The lowest BCUT2D eigenvalue weighted by Gasteiger charge is -2.11. The Kier molecular flexibility index (Phi) is 2.98. The quantitative estimate of drug-likeness (QED) is 0.624. The van der Waals surface area contributed by atoms with Gasteiger partial charge in [-0.15, -0.1) is 0 Å². The van der Waals surface area contributed by atoms with Crippen molar-refractivity contribution in [1.29, 1.82) is 0 Å². The molecule has 21 heavy (non-hydrogen) atoms. The number of benzene rings is 3. The standard InChI is InChI=1S/C18H16O3/c1-10-7-12(3-5-16(10)19)13-4-6-17(20)15-8-11(2)18(21)9-14(13)15/h3-9,19-21H,1-2H3. The number of phenolic OH excluding ortho intramolecular Hbond substituents is 3. The fraction of sp³-hybridized carbons (Fsp3) is 0.111. The van der Waals surface area contributed by atoms with Crippen LogP contribution in [-0.2, 0) is 0 Å². The molecule has 3 heteroatoms. The summed E-state index contributed by atoms with van der Waals surface area (Å²) in [5.41, 5.74) is 3.33. The van der Waals surface area contributed by atoms with E-state index in [9.17, 15) is 15.3 Å². The first-order valence-electron chi connectivity index (χ1n) is 6.72. The summed E-state index contributed by atoms with van der Waals surface area (Å²) < 4.78 is 0. The Hall–Kier alpha value is -2.68. The first-order chi connectivity index (χ1) is 9.97. The van der Waals surface area contributed by atoms with Crippen LogP contribution in [-0.4, -0.2) is 15.3 Å². The number of aromatic hydroxyl groups is 3. The number of rotatable bonds is 1. The highest BCUT2D eigenvalue weighted by atomic mass is 16.3. The fourth-order valence-electron chi connectivity index (χ4n) is 2.55. The molecular weight excluding hydrogens is 264 g/mol. The highest BCUT2D eigenvalue weighted by Gasteiger charge is 2.11. The van der Waals surface area contributed by atoms with Crippen LogP contribution in [0.4, 0.5) is 0 Å². The zero-order valence-corrected chi connectivity index (χ0v) is 11.9. The summed E-state index contributed by atoms with van der Waals surface area (Å²) in [6, 6.07) is 12.3. The molecule has 0 fully saturated rings. The van der Waals surface area contributed by atoms with Gasteiger partial charge in [-0.25, -0.2) is 0 Å². The third-order valence-electron chi connectivity index (χ3n) is 3.82. The van der Waals surface area contributed by atoms with Crippen LogP contribution < -0.4 is 0 Å². The molecule has 0 saturated carbocycles. The smallest absolute Gasteiger partial charge is 0.123 e. The maximum atomic E-state index is 10.0. The average molecular weight is 280 g/mol. The summed E-state index contributed by atoms with van der Waals surface area (Å²) >= 11 is 0. The van der Waals surface area contributed by atoms with E-state index in [0.717, 1.165) is 27.6 Å². The molecule has 0 aliphatic heterocycles. The molecule has 106 valence electrons. The second-order valence-electron chi connectivity index (χ2n) is 5.32. The van der Waals surface area contributed by atoms with Crippen LogP contribution in [0.1, 0.15) is 11.1 Å². The van der Waals surface area contributed by atoms with Crippen molar-refractivity contribution in [3.05, 3.63) is 53.6 Å². The molecule has 0 saturated heterocycles. The van der Waals surface area contributed by atoms with Crippen LogP contribution in [0, 0.1) is 13.8 Å². The number of hydrogen-bond acceptors (Lipinski definition) is 3. The molecular formula is C18H16O3. The van der Waals surface area contributed by atoms with Gasteiger partial charge in [0.2, 0.25) is 0 Å². The lowest BCUT2D eigenvalue weighted by Crippen LogP contribution is -1.86. The molecule has 0 aliphatic carbocycles. The minimum atomic E-state index is 0.187. The highest BCUT2D eigenvalue weighted by Crippen LogP contribution is 2.38. The highest BCUT2D eigenvalue weighted by molar-refractivity contribution is 6.01. The van der Waals surface area contributed by atoms with Gasteiger partial charge in [-0.2, -0.15) is 0 Å². The summed E-state index contributed by atoms with van der Waals surface area (Å²) in [7, 11) is 0. The molecule has 0 bridgehead atoms. The minimum absolute atomic E-state index is 0.187. The Morgan fingerprint density at radius 3 is 2.00 bits per heavy atom. The Morgan fingerprint density at radius 1 is 0.619 bits per heavy atom. The van der Waals surface area contributed by atoms with Crippen molar-refractivity contribution < 1.29 is 15.3 Å². The lowest BCUT2D eigenvalue weighted by molar-refractivity contribution is 0.470. The monoisotopic (exact) mass is 280 g/mol. The van der Waals surface area contributed by atoms with E-state index in [-0.39, 0.29) is 17.2 Å². The number of aryl methyl sites for hydroxylation is 2. The molecule has 0 radical (unpaired) electrons. The second kappa shape index (κ2) is 4.70. The van der Waals surface area contributed by atoms with E-state index in [1.165, 1.54) is 0 Å². The summed E-state index contributed by atoms with van der Waals surface area (Å²) in [5.74, 6) is 0.637. The predicted octanol–water partition coefficient (Wildman–Crippen LogP) is 4.24. The molecule has 3 N–H and O–H groups in total. The zero-order chi connectivity index (χ0) is 15.1. The number of phenols is 3. The van der Waals surface area contributed by atoms with Gasteiger partial charge in [0.05, 0.1) is 0 Å². The first kappa shape index (κ1) is 13.3. The SMILES string of the molecule is Cc1cc(-c2ccc(O)c3cc(C)c(O)cc23)ccc1O. The molecule has 3 nitrogen and oxygen atoms in total. The summed E-state index contributed by atoms with van der Waals surface area (Å²) in [5, 5.41) is 31.1. The molecule has 3 aromatic rings. The van der Waals surface area contributed by atoms with Crippen LogP contribution in [0.2, 0.25) is 0 Å². The van der Waals surface area contributed by atoms with E-state index < -0.39 is 0 Å². The average Bonchev–Trinajstić information content (AvgIpc) is 2.45. The van der Waals surface area contributed by atoms with Crippen LogP contribution in [0.5, 0.6) is 17.2 Å². The summed E-state index contributed by atoms with van der Waals surface area (Å²) in [4.78, 5) is 0. The number of fused-ring (bicyclic) bond motifs is 1. The van der Waals surface area contributed by atoms with Crippen molar-refractivity contribution in [3.63, 3.8) is 0 Å². The van der Waals surface area contributed by atoms with Crippen LogP contribution in [0.15, 0.2) is 42.5 Å². The largest absolute Gasteiger partial charge is 0.508 e. The third kappa shape index (κ3) is 2.17. The molecule has 3 aromatic carbocycles. The van der Waals surface area contributed by atoms with E-state index in [0.29, 0.717) is 5.39 Å². The summed E-state index contributed by atoms with van der Waals surface area (Å²) in [6.07, 6.45) is 0. The van der Waals surface area contributed by atoms with Gasteiger partial charge in [-0.05, 0) is 71.8 Å². The topological polar surface area (TPSA) is 60.7 Å².